The maximum atomic E-state index is 14.3. The number of fused-ring (bicyclic) bond motifs is 8. The molecule has 0 radical (unpaired) electrons. The number of anilines is 3. The van der Waals surface area contributed by atoms with Crippen molar-refractivity contribution < 1.29 is 13.2 Å². The molecule has 0 bridgehead atoms. The molecule has 0 aliphatic carbocycles. The Morgan fingerprint density at radius 1 is 0.545 bits per heavy atom. The Morgan fingerprint density at radius 2 is 1.05 bits per heavy atom. The molecule has 9 rings (SSSR count). The van der Waals surface area contributed by atoms with Gasteiger partial charge < -0.3 is 14.2 Å². The van der Waals surface area contributed by atoms with Crippen molar-refractivity contribution in [1.29, 1.82) is 0 Å². The number of nitrogens with zero attached hydrogens (tertiary/aromatic N) is 2. The van der Waals surface area contributed by atoms with Gasteiger partial charge in [-0.05, 0) is 86.6 Å². The number of para-hydroxylation sites is 4. The topological polar surface area (TPSA) is 51.5 Å². The summed E-state index contributed by atoms with van der Waals surface area (Å²) in [7, 11) is -3.79. The van der Waals surface area contributed by atoms with Crippen molar-refractivity contribution in [2.45, 2.75) is 23.6 Å². The van der Waals surface area contributed by atoms with Crippen LogP contribution in [0.5, 0.6) is 11.5 Å². The first-order chi connectivity index (χ1) is 21.4. The van der Waals surface area contributed by atoms with Crippen molar-refractivity contribution in [3.63, 3.8) is 0 Å². The van der Waals surface area contributed by atoms with Gasteiger partial charge in [-0.2, -0.15) is 0 Å². The molecule has 2 aliphatic heterocycles. The van der Waals surface area contributed by atoms with Crippen LogP contribution >= 0.6 is 0 Å². The average Bonchev–Trinajstić information content (AvgIpc) is 3.46. The van der Waals surface area contributed by atoms with E-state index in [-0.39, 0.29) is 0 Å². The fourth-order valence-corrected chi connectivity index (χ4v) is 8.54. The van der Waals surface area contributed by atoms with Gasteiger partial charge in [0.25, 0.3) is 0 Å². The molecule has 44 heavy (non-hydrogen) atoms. The Morgan fingerprint density at radius 3 is 1.61 bits per heavy atom. The first-order valence-electron chi connectivity index (χ1n) is 14.6. The number of rotatable bonds is 2. The van der Waals surface area contributed by atoms with Crippen LogP contribution in [0.25, 0.3) is 38.6 Å². The van der Waals surface area contributed by atoms with Crippen LogP contribution < -0.4 is 9.64 Å². The predicted octanol–water partition coefficient (Wildman–Crippen LogP) is 9.79. The Hall–Kier alpha value is -5.33. The van der Waals surface area contributed by atoms with Gasteiger partial charge in [0.1, 0.15) is 0 Å². The summed E-state index contributed by atoms with van der Waals surface area (Å²) in [6.45, 7) is 4.19. The standard InChI is InChI=1S/C38H26N2O3S/c1-23-11-17-31-29(19-23)30-20-24(2)12-18-32(30)39(31)25-13-15-27-28-16-14-26(22-38(28)44(41,42)37(27)21-25)40-33-7-3-5-9-35(33)43-36-10-6-4-8-34(36)40/h3-22H,1-2H3. The highest BCUT2D eigenvalue weighted by Gasteiger charge is 2.35. The van der Waals surface area contributed by atoms with E-state index < -0.39 is 9.84 Å². The Balaban J connectivity index is 1.21. The number of hydrogen-bond donors (Lipinski definition) is 0. The van der Waals surface area contributed by atoms with Crippen LogP contribution in [0.4, 0.5) is 17.1 Å². The Kier molecular flexibility index (Phi) is 5.07. The summed E-state index contributed by atoms with van der Waals surface area (Å²) in [5, 5.41) is 2.32. The fourth-order valence-electron chi connectivity index (χ4n) is 6.82. The average molecular weight is 591 g/mol. The molecule has 0 fully saturated rings. The van der Waals surface area contributed by atoms with Gasteiger partial charge >= 0.3 is 0 Å². The molecule has 6 heteroatoms. The van der Waals surface area contributed by atoms with Crippen molar-refractivity contribution in [2.75, 3.05) is 4.90 Å². The minimum atomic E-state index is -3.79. The molecule has 2 aliphatic rings. The van der Waals surface area contributed by atoms with Gasteiger partial charge in [-0.1, -0.05) is 59.7 Å². The van der Waals surface area contributed by atoms with Crippen molar-refractivity contribution in [3.8, 4) is 28.3 Å². The monoisotopic (exact) mass is 590 g/mol. The molecule has 7 aromatic rings. The summed E-state index contributed by atoms with van der Waals surface area (Å²) in [4.78, 5) is 2.72. The molecular weight excluding hydrogens is 564 g/mol. The van der Waals surface area contributed by atoms with Gasteiger partial charge in [-0.15, -0.1) is 0 Å². The summed E-state index contributed by atoms with van der Waals surface area (Å²) in [5.74, 6) is 1.44. The lowest BCUT2D eigenvalue weighted by atomic mass is 10.0. The smallest absolute Gasteiger partial charge is 0.207 e. The molecule has 6 aromatic carbocycles. The van der Waals surface area contributed by atoms with E-state index in [9.17, 15) is 8.42 Å². The van der Waals surface area contributed by atoms with E-state index >= 15 is 0 Å². The molecule has 0 spiro atoms. The van der Waals surface area contributed by atoms with E-state index in [0.29, 0.717) is 9.79 Å². The molecule has 0 atom stereocenters. The number of hydrogen-bond acceptors (Lipinski definition) is 4. The molecule has 0 amide bonds. The molecule has 0 saturated carbocycles. The zero-order chi connectivity index (χ0) is 29.7. The van der Waals surface area contributed by atoms with Crippen LogP contribution in [-0.2, 0) is 9.84 Å². The summed E-state index contributed by atoms with van der Waals surface area (Å²) in [5.41, 5.74) is 9.23. The first-order valence-corrected chi connectivity index (χ1v) is 16.1. The maximum absolute atomic E-state index is 14.3. The van der Waals surface area contributed by atoms with E-state index in [1.54, 1.807) is 6.07 Å². The second-order valence-corrected chi connectivity index (χ2v) is 13.5. The van der Waals surface area contributed by atoms with E-state index in [4.69, 9.17) is 4.74 Å². The number of aryl methyl sites for hydroxylation is 2. The van der Waals surface area contributed by atoms with E-state index in [2.05, 4.69) is 59.7 Å². The summed E-state index contributed by atoms with van der Waals surface area (Å²) >= 11 is 0. The molecule has 1 aromatic heterocycles. The third-order valence-electron chi connectivity index (χ3n) is 8.82. The van der Waals surface area contributed by atoms with Gasteiger partial charge in [0, 0.05) is 33.3 Å². The van der Waals surface area contributed by atoms with Gasteiger partial charge in [0.2, 0.25) is 9.84 Å². The van der Waals surface area contributed by atoms with Crippen LogP contribution in [0.1, 0.15) is 11.1 Å². The second kappa shape index (κ2) is 8.85. The minimum absolute atomic E-state index is 0.317. The zero-order valence-corrected chi connectivity index (χ0v) is 24.9. The maximum Gasteiger partial charge on any atom is 0.207 e. The number of sulfone groups is 1. The van der Waals surface area contributed by atoms with Gasteiger partial charge in [-0.25, -0.2) is 8.42 Å². The van der Waals surface area contributed by atoms with Crippen LogP contribution in [-0.4, -0.2) is 13.0 Å². The molecule has 0 saturated heterocycles. The Labute approximate surface area is 255 Å². The second-order valence-electron chi connectivity index (χ2n) is 11.6. The predicted molar refractivity (Wildman–Crippen MR) is 176 cm³/mol. The lowest BCUT2D eigenvalue weighted by Gasteiger charge is -2.32. The van der Waals surface area contributed by atoms with Gasteiger partial charge in [0.05, 0.1) is 32.2 Å². The minimum Gasteiger partial charge on any atom is -0.453 e. The molecule has 0 N–H and O–H groups in total. The lowest BCUT2D eigenvalue weighted by molar-refractivity contribution is 0.477. The fraction of sp³-hybridized carbons (Fsp3) is 0.0526. The third kappa shape index (κ3) is 3.43. The van der Waals surface area contributed by atoms with Crippen LogP contribution in [0.15, 0.2) is 131 Å². The van der Waals surface area contributed by atoms with Crippen LogP contribution in [0, 0.1) is 13.8 Å². The molecule has 3 heterocycles. The number of aromatic nitrogens is 1. The van der Waals surface area contributed by atoms with Gasteiger partial charge in [-0.3, -0.25) is 0 Å². The highest BCUT2D eigenvalue weighted by atomic mass is 32.2. The van der Waals surface area contributed by atoms with Crippen molar-refractivity contribution in [3.05, 3.63) is 132 Å². The normalized spacial score (nSPS) is 14.2. The van der Waals surface area contributed by atoms with E-state index in [0.717, 1.165) is 67.2 Å². The molecule has 0 unspecified atom stereocenters. The van der Waals surface area contributed by atoms with E-state index in [1.165, 1.54) is 11.1 Å². The summed E-state index contributed by atoms with van der Waals surface area (Å²) in [6, 6.07) is 40.0. The molecule has 212 valence electrons. The Bertz CT molecular complexity index is 2370. The van der Waals surface area contributed by atoms with Crippen molar-refractivity contribution in [1.82, 2.24) is 4.57 Å². The van der Waals surface area contributed by atoms with Gasteiger partial charge in [0.15, 0.2) is 11.5 Å². The summed E-state index contributed by atoms with van der Waals surface area (Å²) in [6.07, 6.45) is 0. The van der Waals surface area contributed by atoms with Crippen LogP contribution in [0.3, 0.4) is 0 Å². The highest BCUT2D eigenvalue weighted by Crippen LogP contribution is 2.52. The van der Waals surface area contributed by atoms with Crippen molar-refractivity contribution >= 4 is 48.7 Å². The quantitative estimate of drug-likeness (QED) is 0.201. The largest absolute Gasteiger partial charge is 0.453 e. The molecular formula is C38H26N2O3S. The van der Waals surface area contributed by atoms with Crippen molar-refractivity contribution in [2.24, 2.45) is 0 Å². The van der Waals surface area contributed by atoms with Crippen LogP contribution in [0.2, 0.25) is 0 Å². The molecule has 5 nitrogen and oxygen atoms in total. The lowest BCUT2D eigenvalue weighted by Crippen LogP contribution is -2.16. The first kappa shape index (κ1) is 25.2. The third-order valence-corrected chi connectivity index (χ3v) is 10.7. The number of ether oxygens (including phenoxy) is 1. The number of benzene rings is 6. The highest BCUT2D eigenvalue weighted by molar-refractivity contribution is 7.92. The zero-order valence-electron chi connectivity index (χ0n) is 24.1. The SMILES string of the molecule is Cc1ccc2c(c1)c1cc(C)ccc1n2-c1ccc2c(c1)S(=O)(=O)c1cc(N3c4ccccc4Oc4ccccc43)ccc1-2. The summed E-state index contributed by atoms with van der Waals surface area (Å²) < 4.78 is 36.9. The van der Waals surface area contributed by atoms with E-state index in [1.807, 2.05) is 78.9 Å².